The zero-order chi connectivity index (χ0) is 9.80. The van der Waals surface area contributed by atoms with Gasteiger partial charge in [0.05, 0.1) is 6.61 Å². The van der Waals surface area contributed by atoms with Crippen LogP contribution >= 0.6 is 0 Å². The average Bonchev–Trinajstić information content (AvgIpc) is 3.01. The number of ether oxygens (including phenoxy) is 2. The fourth-order valence-electron chi connectivity index (χ4n) is 1.39. The molecule has 1 aliphatic heterocycles. The summed E-state index contributed by atoms with van der Waals surface area (Å²) < 4.78 is 10.8. The maximum atomic E-state index is 5.66. The van der Waals surface area contributed by atoms with Crippen molar-refractivity contribution in [2.75, 3.05) is 13.2 Å². The molecule has 1 heterocycles. The fourth-order valence-corrected chi connectivity index (χ4v) is 1.39. The molecule has 2 heteroatoms. The van der Waals surface area contributed by atoms with Crippen LogP contribution in [0.1, 0.15) is 12.0 Å². The minimum Gasteiger partial charge on any atom is -0.491 e. The van der Waals surface area contributed by atoms with Crippen molar-refractivity contribution >= 4 is 0 Å². The molecule has 2 nitrogen and oxygen atoms in total. The number of aryl methyl sites for hydroxylation is 1. The van der Waals surface area contributed by atoms with Gasteiger partial charge in [-0.2, -0.15) is 0 Å². The molecule has 1 unspecified atom stereocenters. The van der Waals surface area contributed by atoms with Crippen LogP contribution in [0.25, 0.3) is 0 Å². The first-order valence-electron chi connectivity index (χ1n) is 5.01. The van der Waals surface area contributed by atoms with Gasteiger partial charge in [0.25, 0.3) is 0 Å². The van der Waals surface area contributed by atoms with Crippen molar-refractivity contribution in [2.24, 2.45) is 0 Å². The van der Waals surface area contributed by atoms with Crippen LogP contribution in [0, 0.1) is 6.92 Å². The molecular weight excluding hydrogens is 176 g/mol. The van der Waals surface area contributed by atoms with Gasteiger partial charge in [-0.15, -0.1) is 0 Å². The molecule has 1 atom stereocenters. The average molecular weight is 191 g/mol. The summed E-state index contributed by atoms with van der Waals surface area (Å²) in [4.78, 5) is 0. The molecule has 14 heavy (non-hydrogen) atoms. The summed E-state index contributed by atoms with van der Waals surface area (Å²) in [6, 6.07) is 8.13. The monoisotopic (exact) mass is 191 g/mol. The van der Waals surface area contributed by atoms with Gasteiger partial charge in [-0.1, -0.05) is 25.1 Å². The van der Waals surface area contributed by atoms with Gasteiger partial charge < -0.3 is 9.47 Å². The van der Waals surface area contributed by atoms with Crippen LogP contribution in [0.5, 0.6) is 5.75 Å². The van der Waals surface area contributed by atoms with Crippen molar-refractivity contribution in [3.63, 3.8) is 0 Å². The van der Waals surface area contributed by atoms with Gasteiger partial charge in [-0.05, 0) is 24.5 Å². The van der Waals surface area contributed by atoms with Crippen LogP contribution < -0.4 is 4.74 Å². The first kappa shape index (κ1) is 9.53. The van der Waals surface area contributed by atoms with Crippen LogP contribution in [0.3, 0.4) is 0 Å². The lowest BCUT2D eigenvalue weighted by molar-refractivity contribution is 0.261. The molecule has 0 bridgehead atoms. The highest BCUT2D eigenvalue weighted by atomic mass is 16.6. The second kappa shape index (κ2) is 4.47. The number of benzene rings is 1. The van der Waals surface area contributed by atoms with Crippen LogP contribution in [0.4, 0.5) is 0 Å². The van der Waals surface area contributed by atoms with E-state index in [9.17, 15) is 0 Å². The smallest absolute Gasteiger partial charge is 0.122 e. The molecule has 2 rings (SSSR count). The van der Waals surface area contributed by atoms with Gasteiger partial charge in [0.2, 0.25) is 0 Å². The molecule has 75 valence electrons. The topological polar surface area (TPSA) is 21.8 Å². The summed E-state index contributed by atoms with van der Waals surface area (Å²) in [6.07, 6.45) is 2.20. The van der Waals surface area contributed by atoms with E-state index >= 15 is 0 Å². The lowest BCUT2D eigenvalue weighted by Gasteiger charge is -2.09. The Morgan fingerprint density at radius 1 is 1.43 bits per heavy atom. The summed E-state index contributed by atoms with van der Waals surface area (Å²) in [5, 5.41) is 0. The Kier molecular flexibility index (Phi) is 3.04. The molecule has 1 fully saturated rings. The normalized spacial score (nSPS) is 19.4. The van der Waals surface area contributed by atoms with E-state index in [1.165, 1.54) is 5.56 Å². The third-order valence-electron chi connectivity index (χ3n) is 2.25. The minimum absolute atomic E-state index is 0.322. The third kappa shape index (κ3) is 2.48. The van der Waals surface area contributed by atoms with E-state index in [1.54, 1.807) is 0 Å². The Labute approximate surface area is 84.8 Å². The molecular formula is C12H15O2. The quantitative estimate of drug-likeness (QED) is 0.666. The predicted octanol–water partition coefficient (Wildman–Crippen LogP) is 2.23. The first-order chi connectivity index (χ1) is 6.90. The Hall–Kier alpha value is -1.02. The Morgan fingerprint density at radius 2 is 2.21 bits per heavy atom. The van der Waals surface area contributed by atoms with Crippen LogP contribution in [-0.4, -0.2) is 19.3 Å². The number of hydrogen-bond donors (Lipinski definition) is 0. The largest absolute Gasteiger partial charge is 0.491 e. The zero-order valence-corrected chi connectivity index (χ0v) is 8.24. The molecule has 1 saturated heterocycles. The third-order valence-corrected chi connectivity index (χ3v) is 2.25. The van der Waals surface area contributed by atoms with Crippen LogP contribution in [0.2, 0.25) is 0 Å². The second-order valence-electron chi connectivity index (χ2n) is 3.48. The van der Waals surface area contributed by atoms with E-state index in [0.29, 0.717) is 12.7 Å². The summed E-state index contributed by atoms with van der Waals surface area (Å²) >= 11 is 0. The molecule has 1 radical (unpaired) electrons. The first-order valence-corrected chi connectivity index (χ1v) is 5.01. The fraction of sp³-hybridized carbons (Fsp3) is 0.417. The Morgan fingerprint density at radius 3 is 2.93 bits per heavy atom. The van der Waals surface area contributed by atoms with Crippen molar-refractivity contribution in [1.82, 2.24) is 0 Å². The van der Waals surface area contributed by atoms with Crippen LogP contribution in [-0.2, 0) is 11.2 Å². The molecule has 1 aliphatic rings. The zero-order valence-electron chi connectivity index (χ0n) is 8.24. The van der Waals surface area contributed by atoms with E-state index in [2.05, 4.69) is 13.0 Å². The highest BCUT2D eigenvalue weighted by Gasteiger charge is 2.23. The van der Waals surface area contributed by atoms with Crippen molar-refractivity contribution in [3.8, 4) is 5.75 Å². The second-order valence-corrected chi connectivity index (χ2v) is 3.48. The minimum atomic E-state index is 0.322. The van der Waals surface area contributed by atoms with Crippen molar-refractivity contribution in [2.45, 2.75) is 18.9 Å². The summed E-state index contributed by atoms with van der Waals surface area (Å²) in [5.74, 6) is 0.978. The molecule has 1 aromatic carbocycles. The number of epoxide rings is 1. The van der Waals surface area contributed by atoms with Gasteiger partial charge in [0.1, 0.15) is 18.5 Å². The summed E-state index contributed by atoms with van der Waals surface area (Å²) in [7, 11) is 0. The van der Waals surface area contributed by atoms with Gasteiger partial charge in [0, 0.05) is 0 Å². The van der Waals surface area contributed by atoms with Gasteiger partial charge in [0.15, 0.2) is 0 Å². The maximum Gasteiger partial charge on any atom is 0.122 e. The summed E-state index contributed by atoms with van der Waals surface area (Å²) in [6.45, 7) is 5.37. The molecule has 0 spiro atoms. The maximum absolute atomic E-state index is 5.66. The van der Waals surface area contributed by atoms with E-state index in [-0.39, 0.29) is 0 Å². The Balaban J connectivity index is 1.97. The van der Waals surface area contributed by atoms with Crippen molar-refractivity contribution in [1.29, 1.82) is 0 Å². The highest BCUT2D eigenvalue weighted by Crippen LogP contribution is 2.21. The van der Waals surface area contributed by atoms with E-state index in [1.807, 2.05) is 18.2 Å². The lowest BCUT2D eigenvalue weighted by Crippen LogP contribution is -2.05. The predicted molar refractivity (Wildman–Crippen MR) is 55.4 cm³/mol. The van der Waals surface area contributed by atoms with E-state index < -0.39 is 0 Å². The molecule has 0 aliphatic carbocycles. The van der Waals surface area contributed by atoms with E-state index in [4.69, 9.17) is 9.47 Å². The van der Waals surface area contributed by atoms with E-state index in [0.717, 1.165) is 25.2 Å². The molecule has 0 aromatic heterocycles. The SMILES string of the molecule is [CH2]CCc1ccccc1OCC1CO1. The summed E-state index contributed by atoms with van der Waals surface area (Å²) in [5.41, 5.74) is 1.24. The van der Waals surface area contributed by atoms with Crippen molar-refractivity contribution < 1.29 is 9.47 Å². The molecule has 0 amide bonds. The van der Waals surface area contributed by atoms with Gasteiger partial charge in [-0.3, -0.25) is 0 Å². The van der Waals surface area contributed by atoms with Crippen molar-refractivity contribution in [3.05, 3.63) is 36.8 Å². The lowest BCUT2D eigenvalue weighted by atomic mass is 10.1. The molecule has 0 saturated carbocycles. The standard InChI is InChI=1S/C12H15O2/c1-2-5-10-6-3-4-7-12(10)14-9-11-8-13-11/h3-4,6-7,11H,1-2,5,8-9H2. The highest BCUT2D eigenvalue weighted by molar-refractivity contribution is 5.33. The molecule has 0 N–H and O–H groups in total. The Bertz CT molecular complexity index is 292. The van der Waals surface area contributed by atoms with Gasteiger partial charge >= 0.3 is 0 Å². The molecule has 1 aromatic rings. The van der Waals surface area contributed by atoms with Crippen LogP contribution in [0.15, 0.2) is 24.3 Å². The number of rotatable bonds is 5. The number of hydrogen-bond acceptors (Lipinski definition) is 2. The van der Waals surface area contributed by atoms with Gasteiger partial charge in [-0.25, -0.2) is 0 Å². The number of para-hydroxylation sites is 1.